The van der Waals surface area contributed by atoms with Crippen LogP contribution in [0.15, 0.2) is 29.2 Å². The highest BCUT2D eigenvalue weighted by molar-refractivity contribution is 7.89. The van der Waals surface area contributed by atoms with Gasteiger partial charge >= 0.3 is 12.4 Å². The zero-order chi connectivity index (χ0) is 20.0. The van der Waals surface area contributed by atoms with Crippen LogP contribution in [-0.4, -0.2) is 61.6 Å². The molecular formula is C15H16F3N3O5S. The van der Waals surface area contributed by atoms with Gasteiger partial charge in [0, 0.05) is 20.1 Å². The molecule has 0 atom stereocenters. The molecule has 1 aromatic carbocycles. The number of amides is 3. The Bertz CT molecular complexity index is 862. The summed E-state index contributed by atoms with van der Waals surface area (Å²) < 4.78 is 66.8. The molecule has 0 unspecified atom stereocenters. The largest absolute Gasteiger partial charge is 0.573 e. The Morgan fingerprint density at radius 1 is 1.11 bits per heavy atom. The Morgan fingerprint density at radius 3 is 2.11 bits per heavy atom. The van der Waals surface area contributed by atoms with Crippen LogP contribution in [0.3, 0.4) is 0 Å². The minimum absolute atomic E-state index is 0.0109. The number of piperidine rings is 1. The molecule has 0 aliphatic carbocycles. The van der Waals surface area contributed by atoms with E-state index in [1.54, 1.807) is 0 Å². The molecular weight excluding hydrogens is 391 g/mol. The molecule has 0 radical (unpaired) electrons. The molecule has 3 amide bonds. The van der Waals surface area contributed by atoms with Gasteiger partial charge < -0.3 is 10.1 Å². The molecule has 2 aliphatic rings. The molecule has 2 aliphatic heterocycles. The number of urea groups is 1. The molecule has 0 bridgehead atoms. The normalized spacial score (nSPS) is 20.8. The summed E-state index contributed by atoms with van der Waals surface area (Å²) in [5.41, 5.74) is -1.11. The molecule has 0 aromatic heterocycles. The third kappa shape index (κ3) is 3.58. The lowest BCUT2D eigenvalue weighted by Gasteiger charge is -2.36. The number of hydrogen-bond acceptors (Lipinski definition) is 5. The van der Waals surface area contributed by atoms with Crippen LogP contribution in [0.25, 0.3) is 0 Å². The SMILES string of the molecule is CN1C(=O)NC2(CCN(S(=O)(=O)c3ccc(OC(F)(F)F)cc3)CC2)C1=O. The van der Waals surface area contributed by atoms with E-state index in [9.17, 15) is 31.2 Å². The molecule has 1 spiro atoms. The number of carbonyl (C=O) groups is 2. The molecule has 0 saturated carbocycles. The van der Waals surface area contributed by atoms with Gasteiger partial charge in [0.1, 0.15) is 11.3 Å². The predicted octanol–water partition coefficient (Wildman–Crippen LogP) is 1.29. The van der Waals surface area contributed by atoms with Crippen molar-refractivity contribution in [2.24, 2.45) is 0 Å². The second-order valence-electron chi connectivity index (χ2n) is 6.30. The lowest BCUT2D eigenvalue weighted by molar-refractivity contribution is -0.274. The maximum Gasteiger partial charge on any atom is 0.573 e. The Kier molecular flexibility index (Phi) is 4.58. The topological polar surface area (TPSA) is 96.0 Å². The fourth-order valence-electron chi connectivity index (χ4n) is 3.16. The van der Waals surface area contributed by atoms with Gasteiger partial charge in [-0.2, -0.15) is 4.31 Å². The highest BCUT2D eigenvalue weighted by Crippen LogP contribution is 2.32. The van der Waals surface area contributed by atoms with Gasteiger partial charge in [0.05, 0.1) is 4.90 Å². The first-order chi connectivity index (χ1) is 12.4. The van der Waals surface area contributed by atoms with Gasteiger partial charge in [-0.3, -0.25) is 9.69 Å². The van der Waals surface area contributed by atoms with Crippen molar-refractivity contribution in [2.45, 2.75) is 29.6 Å². The van der Waals surface area contributed by atoms with Crippen molar-refractivity contribution >= 4 is 22.0 Å². The average Bonchev–Trinajstić information content (AvgIpc) is 2.78. The number of alkyl halides is 3. The van der Waals surface area contributed by atoms with E-state index in [0.717, 1.165) is 33.5 Å². The molecule has 3 rings (SSSR count). The zero-order valence-electron chi connectivity index (χ0n) is 14.1. The number of sulfonamides is 1. The molecule has 27 heavy (non-hydrogen) atoms. The highest BCUT2D eigenvalue weighted by atomic mass is 32.2. The maximum atomic E-state index is 12.7. The second-order valence-corrected chi connectivity index (χ2v) is 8.24. The molecule has 8 nitrogen and oxygen atoms in total. The first-order valence-corrected chi connectivity index (χ1v) is 9.35. The number of nitrogens with one attached hydrogen (secondary N) is 1. The van der Waals surface area contributed by atoms with Crippen molar-refractivity contribution in [1.82, 2.24) is 14.5 Å². The first-order valence-electron chi connectivity index (χ1n) is 7.91. The third-order valence-corrected chi connectivity index (χ3v) is 6.55. The van der Waals surface area contributed by atoms with E-state index in [1.165, 1.54) is 7.05 Å². The van der Waals surface area contributed by atoms with Crippen LogP contribution < -0.4 is 10.1 Å². The van der Waals surface area contributed by atoms with Gasteiger partial charge in [-0.05, 0) is 37.1 Å². The van der Waals surface area contributed by atoms with Crippen molar-refractivity contribution in [3.05, 3.63) is 24.3 Å². The molecule has 2 fully saturated rings. The van der Waals surface area contributed by atoms with Gasteiger partial charge in [-0.15, -0.1) is 13.2 Å². The summed E-state index contributed by atoms with van der Waals surface area (Å²) in [6.45, 7) is -0.0218. The smallest absolute Gasteiger partial charge is 0.406 e. The number of likely N-dealkylation sites (N-methyl/N-ethyl adjacent to an activating group) is 1. The van der Waals surface area contributed by atoms with Gasteiger partial charge in [0.15, 0.2) is 0 Å². The van der Waals surface area contributed by atoms with E-state index < -0.39 is 39.6 Å². The molecule has 148 valence electrons. The van der Waals surface area contributed by atoms with Crippen LogP contribution >= 0.6 is 0 Å². The van der Waals surface area contributed by atoms with E-state index in [-0.39, 0.29) is 30.8 Å². The van der Waals surface area contributed by atoms with Gasteiger partial charge in [-0.1, -0.05) is 0 Å². The van der Waals surface area contributed by atoms with E-state index in [0.29, 0.717) is 0 Å². The van der Waals surface area contributed by atoms with Crippen molar-refractivity contribution in [2.75, 3.05) is 20.1 Å². The van der Waals surface area contributed by atoms with Crippen LogP contribution in [0, 0.1) is 0 Å². The Balaban J connectivity index is 1.72. The Hall–Kier alpha value is -2.34. The second kappa shape index (κ2) is 6.37. The fraction of sp³-hybridized carbons (Fsp3) is 0.467. The van der Waals surface area contributed by atoms with Crippen LogP contribution in [0.5, 0.6) is 5.75 Å². The van der Waals surface area contributed by atoms with Gasteiger partial charge in [0.25, 0.3) is 5.91 Å². The molecule has 1 aromatic rings. The molecule has 2 saturated heterocycles. The van der Waals surface area contributed by atoms with E-state index in [2.05, 4.69) is 10.1 Å². The van der Waals surface area contributed by atoms with E-state index >= 15 is 0 Å². The monoisotopic (exact) mass is 407 g/mol. The van der Waals surface area contributed by atoms with Gasteiger partial charge in [-0.25, -0.2) is 13.2 Å². The lowest BCUT2D eigenvalue weighted by atomic mass is 9.88. The number of imide groups is 1. The van der Waals surface area contributed by atoms with Crippen LogP contribution in [0.4, 0.5) is 18.0 Å². The minimum atomic E-state index is -4.87. The van der Waals surface area contributed by atoms with Crippen LogP contribution in [0.2, 0.25) is 0 Å². The summed E-state index contributed by atoms with van der Waals surface area (Å²) in [6.07, 6.45) is -4.65. The van der Waals surface area contributed by atoms with Crippen molar-refractivity contribution in [3.8, 4) is 5.75 Å². The van der Waals surface area contributed by atoms with E-state index in [1.807, 2.05) is 0 Å². The van der Waals surface area contributed by atoms with Crippen LogP contribution in [0.1, 0.15) is 12.8 Å². The number of benzene rings is 1. The van der Waals surface area contributed by atoms with E-state index in [4.69, 9.17) is 0 Å². The molecule has 1 N–H and O–H groups in total. The summed E-state index contributed by atoms with van der Waals surface area (Å²) in [6, 6.07) is 3.36. The number of hydrogen-bond donors (Lipinski definition) is 1. The Labute approximate surface area is 152 Å². The Morgan fingerprint density at radius 2 is 1.67 bits per heavy atom. The van der Waals surface area contributed by atoms with Crippen molar-refractivity contribution < 1.29 is 35.9 Å². The highest BCUT2D eigenvalue weighted by Gasteiger charge is 2.52. The standard InChI is InChI=1S/C15H16F3N3O5S/c1-20-12(22)14(19-13(20)23)6-8-21(9-7-14)27(24,25)11-4-2-10(3-5-11)26-15(16,17)18/h2-5H,6-9H2,1H3,(H,19,23). The summed E-state index contributed by atoms with van der Waals surface area (Å²) in [4.78, 5) is 24.7. The number of rotatable bonds is 3. The van der Waals surface area contributed by atoms with Crippen LogP contribution in [-0.2, 0) is 14.8 Å². The van der Waals surface area contributed by atoms with Crippen molar-refractivity contribution in [3.63, 3.8) is 0 Å². The summed E-state index contributed by atoms with van der Waals surface area (Å²) in [7, 11) is -2.61. The number of carbonyl (C=O) groups excluding carboxylic acids is 2. The lowest BCUT2D eigenvalue weighted by Crippen LogP contribution is -2.55. The zero-order valence-corrected chi connectivity index (χ0v) is 14.9. The average molecular weight is 407 g/mol. The third-order valence-electron chi connectivity index (χ3n) is 4.64. The van der Waals surface area contributed by atoms with Gasteiger partial charge in [0.2, 0.25) is 10.0 Å². The summed E-state index contributed by atoms with van der Waals surface area (Å²) in [5, 5.41) is 2.60. The quantitative estimate of drug-likeness (QED) is 0.762. The maximum absolute atomic E-state index is 12.7. The first kappa shape index (κ1) is 19.4. The molecule has 2 heterocycles. The number of ether oxygens (including phenoxy) is 1. The summed E-state index contributed by atoms with van der Waals surface area (Å²) >= 11 is 0. The summed E-state index contributed by atoms with van der Waals surface area (Å²) in [5.74, 6) is -0.931. The van der Waals surface area contributed by atoms with Crippen molar-refractivity contribution in [1.29, 1.82) is 0 Å². The fourth-order valence-corrected chi connectivity index (χ4v) is 4.61. The number of nitrogens with zero attached hydrogens (tertiary/aromatic N) is 2. The molecule has 12 heteroatoms. The minimum Gasteiger partial charge on any atom is -0.406 e. The predicted molar refractivity (Wildman–Crippen MR) is 85.2 cm³/mol. The number of halogens is 3.